The first kappa shape index (κ1) is 18.8. The van der Waals surface area contributed by atoms with E-state index in [2.05, 4.69) is 13.8 Å². The summed E-state index contributed by atoms with van der Waals surface area (Å²) >= 11 is 0. The molecule has 0 saturated carbocycles. The van der Waals surface area contributed by atoms with Crippen molar-refractivity contribution in [3.63, 3.8) is 0 Å². The smallest absolute Gasteiger partial charge is 0.228 e. The molecule has 0 aromatic rings. The molecule has 0 saturated heterocycles. The molecule has 0 aliphatic carbocycles. The lowest BCUT2D eigenvalue weighted by atomic mass is 10.0. The molecule has 0 aromatic heterocycles. The van der Waals surface area contributed by atoms with Crippen molar-refractivity contribution < 1.29 is 19.6 Å². The van der Waals surface area contributed by atoms with Gasteiger partial charge in [0.1, 0.15) is 0 Å². The SMILES string of the molecule is CCCC(C)(C)OOC(C)(C)OOC(C)(C)CCC. The highest BCUT2D eigenvalue weighted by Gasteiger charge is 2.30. The van der Waals surface area contributed by atoms with Crippen molar-refractivity contribution in [2.24, 2.45) is 0 Å². The first-order valence-electron chi connectivity index (χ1n) is 7.27. The van der Waals surface area contributed by atoms with Gasteiger partial charge < -0.3 is 0 Å². The zero-order valence-corrected chi connectivity index (χ0v) is 14.0. The quantitative estimate of drug-likeness (QED) is 0.327. The van der Waals surface area contributed by atoms with Gasteiger partial charge in [0.15, 0.2) is 0 Å². The normalized spacial score (nSPS) is 13.9. The Morgan fingerprint density at radius 2 is 0.895 bits per heavy atom. The Hall–Kier alpha value is -0.160. The summed E-state index contributed by atoms with van der Waals surface area (Å²) in [4.78, 5) is 21.7. The minimum atomic E-state index is -0.935. The van der Waals surface area contributed by atoms with Gasteiger partial charge in [0.25, 0.3) is 0 Å². The molecule has 0 N–H and O–H groups in total. The van der Waals surface area contributed by atoms with Crippen molar-refractivity contribution >= 4 is 0 Å². The molecule has 0 bridgehead atoms. The Balaban J connectivity index is 4.18. The molecule has 0 aliphatic heterocycles. The maximum Gasteiger partial charge on any atom is 0.228 e. The highest BCUT2D eigenvalue weighted by molar-refractivity contribution is 4.66. The second-order valence-electron chi connectivity index (χ2n) is 6.75. The van der Waals surface area contributed by atoms with Gasteiger partial charge in [0, 0.05) is 0 Å². The second kappa shape index (κ2) is 7.58. The van der Waals surface area contributed by atoms with Crippen LogP contribution >= 0.6 is 0 Å². The molecule has 0 spiro atoms. The van der Waals surface area contributed by atoms with Gasteiger partial charge in [-0.2, -0.15) is 9.78 Å². The largest absolute Gasteiger partial charge is 0.228 e. The average Bonchev–Trinajstić information content (AvgIpc) is 2.25. The molecule has 0 aromatic carbocycles. The van der Waals surface area contributed by atoms with E-state index in [4.69, 9.17) is 19.6 Å². The van der Waals surface area contributed by atoms with Crippen LogP contribution in [-0.4, -0.2) is 17.0 Å². The average molecular weight is 276 g/mol. The van der Waals surface area contributed by atoms with Crippen molar-refractivity contribution in [1.82, 2.24) is 0 Å². The van der Waals surface area contributed by atoms with E-state index in [-0.39, 0.29) is 11.2 Å². The molecule has 0 atom stereocenters. The molecule has 0 rings (SSSR count). The molecule has 0 aliphatic rings. The maximum atomic E-state index is 5.45. The first-order chi connectivity index (χ1) is 8.54. The Morgan fingerprint density at radius 3 is 1.16 bits per heavy atom. The lowest BCUT2D eigenvalue weighted by molar-refractivity contribution is -0.534. The second-order valence-corrected chi connectivity index (χ2v) is 6.75. The maximum absolute atomic E-state index is 5.45. The first-order valence-corrected chi connectivity index (χ1v) is 7.27. The van der Waals surface area contributed by atoms with Gasteiger partial charge in [0.05, 0.1) is 11.2 Å². The molecule has 19 heavy (non-hydrogen) atoms. The van der Waals surface area contributed by atoms with Crippen LogP contribution in [0.25, 0.3) is 0 Å². The van der Waals surface area contributed by atoms with Gasteiger partial charge >= 0.3 is 0 Å². The van der Waals surface area contributed by atoms with Gasteiger partial charge in [-0.3, -0.25) is 0 Å². The number of rotatable bonds is 10. The predicted octanol–water partition coefficient (Wildman–Crippen LogP) is 4.78. The summed E-state index contributed by atoms with van der Waals surface area (Å²) in [5.41, 5.74) is -0.650. The van der Waals surface area contributed by atoms with Crippen LogP contribution in [-0.2, 0) is 19.6 Å². The summed E-state index contributed by atoms with van der Waals surface area (Å²) in [6.45, 7) is 15.8. The van der Waals surface area contributed by atoms with Crippen molar-refractivity contribution in [3.05, 3.63) is 0 Å². The van der Waals surface area contributed by atoms with E-state index in [0.717, 1.165) is 25.7 Å². The van der Waals surface area contributed by atoms with Crippen molar-refractivity contribution in [2.45, 2.75) is 98.1 Å². The topological polar surface area (TPSA) is 36.9 Å². The van der Waals surface area contributed by atoms with Crippen molar-refractivity contribution in [3.8, 4) is 0 Å². The summed E-state index contributed by atoms with van der Waals surface area (Å²) in [6, 6.07) is 0. The van der Waals surface area contributed by atoms with Crippen LogP contribution in [0.1, 0.15) is 81.1 Å². The van der Waals surface area contributed by atoms with Gasteiger partial charge in [-0.05, 0) is 54.4 Å². The van der Waals surface area contributed by atoms with E-state index in [9.17, 15) is 0 Å². The van der Waals surface area contributed by atoms with Gasteiger partial charge in [-0.1, -0.05) is 26.7 Å². The molecule has 0 amide bonds. The number of hydrogen-bond donors (Lipinski definition) is 0. The zero-order valence-electron chi connectivity index (χ0n) is 14.0. The van der Waals surface area contributed by atoms with E-state index >= 15 is 0 Å². The minimum absolute atomic E-state index is 0.325. The summed E-state index contributed by atoms with van der Waals surface area (Å²) in [5, 5.41) is 0. The van der Waals surface area contributed by atoms with Crippen LogP contribution in [0, 0.1) is 0 Å². The fourth-order valence-electron chi connectivity index (χ4n) is 1.73. The monoisotopic (exact) mass is 276 g/mol. The van der Waals surface area contributed by atoms with Crippen LogP contribution in [0.2, 0.25) is 0 Å². The molecule has 0 unspecified atom stereocenters. The zero-order chi connectivity index (χ0) is 15.2. The van der Waals surface area contributed by atoms with Crippen LogP contribution in [0.15, 0.2) is 0 Å². The lowest BCUT2D eigenvalue weighted by Gasteiger charge is -2.32. The molecule has 4 nitrogen and oxygen atoms in total. The third kappa shape index (κ3) is 9.38. The summed E-state index contributed by atoms with van der Waals surface area (Å²) in [5.74, 6) is -0.935. The fraction of sp³-hybridized carbons (Fsp3) is 1.00. The van der Waals surface area contributed by atoms with Gasteiger partial charge in [-0.25, -0.2) is 9.78 Å². The molecule has 0 fully saturated rings. The highest BCUT2D eigenvalue weighted by atomic mass is 17.3. The van der Waals surface area contributed by atoms with E-state index in [1.165, 1.54) is 0 Å². The van der Waals surface area contributed by atoms with E-state index in [1.54, 1.807) is 13.8 Å². The van der Waals surface area contributed by atoms with E-state index in [0.29, 0.717) is 0 Å². The third-order valence-corrected chi connectivity index (χ3v) is 2.64. The summed E-state index contributed by atoms with van der Waals surface area (Å²) < 4.78 is 0. The van der Waals surface area contributed by atoms with E-state index < -0.39 is 5.79 Å². The van der Waals surface area contributed by atoms with Crippen LogP contribution < -0.4 is 0 Å². The number of hydrogen-bond acceptors (Lipinski definition) is 4. The van der Waals surface area contributed by atoms with E-state index in [1.807, 2.05) is 27.7 Å². The molecular formula is C15H32O4. The van der Waals surface area contributed by atoms with Crippen molar-refractivity contribution in [1.29, 1.82) is 0 Å². The van der Waals surface area contributed by atoms with Crippen molar-refractivity contribution in [2.75, 3.05) is 0 Å². The minimum Gasteiger partial charge on any atom is -0.228 e. The predicted molar refractivity (Wildman–Crippen MR) is 76.4 cm³/mol. The Kier molecular flexibility index (Phi) is 7.51. The van der Waals surface area contributed by atoms with Crippen LogP contribution in [0.4, 0.5) is 0 Å². The third-order valence-electron chi connectivity index (χ3n) is 2.64. The lowest BCUT2D eigenvalue weighted by Crippen LogP contribution is -2.37. The van der Waals surface area contributed by atoms with Gasteiger partial charge in [-0.15, -0.1) is 0 Å². The standard InChI is InChI=1S/C15H32O4/c1-9-11-13(3,4)16-18-15(7,8)19-17-14(5,6)12-10-2/h9-12H2,1-8H3. The molecule has 116 valence electrons. The summed E-state index contributed by atoms with van der Waals surface area (Å²) in [6.07, 6.45) is 3.92. The molecule has 0 heterocycles. The Labute approximate surface area is 118 Å². The molecule has 0 radical (unpaired) electrons. The van der Waals surface area contributed by atoms with Crippen LogP contribution in [0.3, 0.4) is 0 Å². The fourth-order valence-corrected chi connectivity index (χ4v) is 1.73. The highest BCUT2D eigenvalue weighted by Crippen LogP contribution is 2.25. The Bertz CT molecular complexity index is 223. The Morgan fingerprint density at radius 1 is 0.579 bits per heavy atom. The summed E-state index contributed by atoms with van der Waals surface area (Å²) in [7, 11) is 0. The van der Waals surface area contributed by atoms with Crippen LogP contribution in [0.5, 0.6) is 0 Å². The molecule has 4 heteroatoms. The van der Waals surface area contributed by atoms with Gasteiger partial charge in [0.2, 0.25) is 5.79 Å². The molecular weight excluding hydrogens is 244 g/mol.